The summed E-state index contributed by atoms with van der Waals surface area (Å²) in [5.74, 6) is 1.48. The third kappa shape index (κ3) is 5.34. The molecule has 0 aromatic heterocycles. The number of halogens is 2. The van der Waals surface area contributed by atoms with Crippen molar-refractivity contribution in [2.45, 2.75) is 27.0 Å². The number of benzene rings is 3. The lowest BCUT2D eigenvalue weighted by Gasteiger charge is -2.15. The van der Waals surface area contributed by atoms with Gasteiger partial charge in [-0.15, -0.1) is 0 Å². The minimum Gasteiger partial charge on any atom is -0.490 e. The van der Waals surface area contributed by atoms with Crippen LogP contribution in [0.15, 0.2) is 60.7 Å². The lowest BCUT2D eigenvalue weighted by atomic mass is 10.1. The van der Waals surface area contributed by atoms with Crippen LogP contribution in [-0.4, -0.2) is 6.61 Å². The fourth-order valence-electron chi connectivity index (χ4n) is 2.79. The normalized spacial score (nSPS) is 10.6. The predicted octanol–water partition coefficient (Wildman–Crippen LogP) is 6.89. The first-order valence-electron chi connectivity index (χ1n) is 9.18. The smallest absolute Gasteiger partial charge is 0.161 e. The Morgan fingerprint density at radius 1 is 0.857 bits per heavy atom. The maximum atomic E-state index is 6.07. The van der Waals surface area contributed by atoms with Crippen LogP contribution in [0.5, 0.6) is 11.5 Å². The summed E-state index contributed by atoms with van der Waals surface area (Å²) < 4.78 is 11.8. The van der Waals surface area contributed by atoms with E-state index in [9.17, 15) is 0 Å². The van der Waals surface area contributed by atoms with E-state index in [1.807, 2.05) is 49.4 Å². The van der Waals surface area contributed by atoms with Gasteiger partial charge in [0.05, 0.1) is 16.7 Å². The Labute approximate surface area is 176 Å². The van der Waals surface area contributed by atoms with Gasteiger partial charge < -0.3 is 14.8 Å². The Hall–Kier alpha value is -2.36. The Morgan fingerprint density at radius 2 is 1.68 bits per heavy atom. The molecule has 3 aromatic rings. The van der Waals surface area contributed by atoms with E-state index >= 15 is 0 Å². The van der Waals surface area contributed by atoms with Crippen LogP contribution in [0.1, 0.15) is 23.6 Å². The quantitative estimate of drug-likeness (QED) is 0.434. The molecule has 0 saturated carbocycles. The second kappa shape index (κ2) is 9.72. The molecule has 146 valence electrons. The van der Waals surface area contributed by atoms with Gasteiger partial charge in [0.25, 0.3) is 0 Å². The molecule has 28 heavy (non-hydrogen) atoms. The van der Waals surface area contributed by atoms with E-state index in [4.69, 9.17) is 32.7 Å². The average Bonchev–Trinajstić information content (AvgIpc) is 2.69. The van der Waals surface area contributed by atoms with Gasteiger partial charge in [0.2, 0.25) is 0 Å². The molecule has 0 aliphatic heterocycles. The van der Waals surface area contributed by atoms with Crippen LogP contribution < -0.4 is 14.8 Å². The largest absolute Gasteiger partial charge is 0.490 e. The molecule has 0 saturated heterocycles. The van der Waals surface area contributed by atoms with E-state index < -0.39 is 0 Å². The molecule has 1 N–H and O–H groups in total. The number of nitrogens with one attached hydrogen (secondary N) is 1. The van der Waals surface area contributed by atoms with Crippen LogP contribution in [0.2, 0.25) is 10.0 Å². The van der Waals surface area contributed by atoms with Crippen molar-refractivity contribution in [3.05, 3.63) is 87.4 Å². The van der Waals surface area contributed by atoms with Gasteiger partial charge >= 0.3 is 0 Å². The number of hydrogen-bond donors (Lipinski definition) is 1. The van der Waals surface area contributed by atoms with Crippen molar-refractivity contribution >= 4 is 28.9 Å². The maximum absolute atomic E-state index is 6.07. The average molecular weight is 416 g/mol. The highest BCUT2D eigenvalue weighted by atomic mass is 35.5. The zero-order valence-electron chi connectivity index (χ0n) is 16.0. The molecular weight excluding hydrogens is 393 g/mol. The van der Waals surface area contributed by atoms with E-state index in [1.165, 1.54) is 5.56 Å². The number of rotatable bonds is 8. The second-order valence-electron chi connectivity index (χ2n) is 6.41. The van der Waals surface area contributed by atoms with Crippen LogP contribution in [0.4, 0.5) is 5.69 Å². The van der Waals surface area contributed by atoms with Crippen molar-refractivity contribution in [3.63, 3.8) is 0 Å². The fourth-order valence-corrected chi connectivity index (χ4v) is 3.09. The topological polar surface area (TPSA) is 30.5 Å². The SMILES string of the molecule is CCOc1cc(CNc2ccc(Cl)c(Cl)c2)ccc1OCc1ccccc1C. The van der Waals surface area contributed by atoms with Crippen molar-refractivity contribution < 1.29 is 9.47 Å². The van der Waals surface area contributed by atoms with E-state index in [-0.39, 0.29) is 0 Å². The lowest BCUT2D eigenvalue weighted by Crippen LogP contribution is -2.03. The zero-order chi connectivity index (χ0) is 19.9. The van der Waals surface area contributed by atoms with Gasteiger partial charge in [-0.05, 0) is 60.9 Å². The highest BCUT2D eigenvalue weighted by Crippen LogP contribution is 2.30. The summed E-state index contributed by atoms with van der Waals surface area (Å²) in [6, 6.07) is 19.7. The predicted molar refractivity (Wildman–Crippen MR) is 117 cm³/mol. The van der Waals surface area contributed by atoms with Gasteiger partial charge in [0.15, 0.2) is 11.5 Å². The molecule has 0 spiro atoms. The molecule has 0 aliphatic rings. The van der Waals surface area contributed by atoms with Gasteiger partial charge in [-0.3, -0.25) is 0 Å². The van der Waals surface area contributed by atoms with Crippen LogP contribution in [0.25, 0.3) is 0 Å². The van der Waals surface area contributed by atoms with Gasteiger partial charge in [-0.25, -0.2) is 0 Å². The Balaban J connectivity index is 1.69. The Bertz CT molecular complexity index is 944. The maximum Gasteiger partial charge on any atom is 0.161 e. The molecule has 0 fully saturated rings. The van der Waals surface area contributed by atoms with E-state index in [0.717, 1.165) is 28.3 Å². The number of aryl methyl sites for hydroxylation is 1. The third-order valence-corrected chi connectivity index (χ3v) is 5.11. The zero-order valence-corrected chi connectivity index (χ0v) is 17.5. The summed E-state index contributed by atoms with van der Waals surface area (Å²) in [6.07, 6.45) is 0. The monoisotopic (exact) mass is 415 g/mol. The molecule has 0 radical (unpaired) electrons. The number of hydrogen-bond acceptors (Lipinski definition) is 3. The van der Waals surface area contributed by atoms with Gasteiger partial charge in [-0.1, -0.05) is 53.5 Å². The molecule has 0 amide bonds. The standard InChI is InChI=1S/C23H23Cl2NO2/c1-3-27-23-12-17(14-26-19-9-10-20(24)21(25)13-19)8-11-22(23)28-15-18-7-5-4-6-16(18)2/h4-13,26H,3,14-15H2,1-2H3. The van der Waals surface area contributed by atoms with Gasteiger partial charge in [0, 0.05) is 12.2 Å². The minimum absolute atomic E-state index is 0.508. The second-order valence-corrected chi connectivity index (χ2v) is 7.23. The highest BCUT2D eigenvalue weighted by Gasteiger charge is 2.08. The number of ether oxygens (including phenoxy) is 2. The summed E-state index contributed by atoms with van der Waals surface area (Å²) in [5.41, 5.74) is 4.36. The summed E-state index contributed by atoms with van der Waals surface area (Å²) in [5, 5.41) is 4.42. The minimum atomic E-state index is 0.508. The third-order valence-electron chi connectivity index (χ3n) is 4.37. The molecule has 3 rings (SSSR count). The molecule has 0 heterocycles. The molecule has 3 nitrogen and oxygen atoms in total. The van der Waals surface area contributed by atoms with Gasteiger partial charge in [0.1, 0.15) is 6.61 Å². The van der Waals surface area contributed by atoms with Gasteiger partial charge in [-0.2, -0.15) is 0 Å². The van der Waals surface area contributed by atoms with E-state index in [1.54, 1.807) is 6.07 Å². The molecule has 3 aromatic carbocycles. The summed E-state index contributed by atoms with van der Waals surface area (Å²) in [4.78, 5) is 0. The highest BCUT2D eigenvalue weighted by molar-refractivity contribution is 6.42. The molecule has 5 heteroatoms. The number of anilines is 1. The molecule has 0 unspecified atom stereocenters. The molecule has 0 bridgehead atoms. The van der Waals surface area contributed by atoms with Crippen molar-refractivity contribution in [1.82, 2.24) is 0 Å². The first-order chi connectivity index (χ1) is 13.6. The summed E-state index contributed by atoms with van der Waals surface area (Å²) >= 11 is 12.0. The van der Waals surface area contributed by atoms with Crippen molar-refractivity contribution in [3.8, 4) is 11.5 Å². The van der Waals surface area contributed by atoms with E-state index in [2.05, 4.69) is 24.4 Å². The van der Waals surface area contributed by atoms with Crippen molar-refractivity contribution in [1.29, 1.82) is 0 Å². The first-order valence-corrected chi connectivity index (χ1v) is 9.94. The van der Waals surface area contributed by atoms with Crippen molar-refractivity contribution in [2.75, 3.05) is 11.9 Å². The van der Waals surface area contributed by atoms with Crippen LogP contribution >= 0.6 is 23.2 Å². The van der Waals surface area contributed by atoms with Crippen LogP contribution in [0.3, 0.4) is 0 Å². The Morgan fingerprint density at radius 3 is 2.43 bits per heavy atom. The van der Waals surface area contributed by atoms with Crippen LogP contribution in [-0.2, 0) is 13.2 Å². The molecule has 0 aliphatic carbocycles. The summed E-state index contributed by atoms with van der Waals surface area (Å²) in [7, 11) is 0. The van der Waals surface area contributed by atoms with E-state index in [0.29, 0.717) is 29.8 Å². The summed E-state index contributed by atoms with van der Waals surface area (Å²) in [6.45, 7) is 5.76. The lowest BCUT2D eigenvalue weighted by molar-refractivity contribution is 0.268. The molecular formula is C23H23Cl2NO2. The van der Waals surface area contributed by atoms with Crippen molar-refractivity contribution in [2.24, 2.45) is 0 Å². The Kier molecular flexibility index (Phi) is 7.07. The molecule has 0 atom stereocenters. The van der Waals surface area contributed by atoms with Crippen LogP contribution in [0, 0.1) is 6.92 Å². The fraction of sp³-hybridized carbons (Fsp3) is 0.217. The first kappa shape index (κ1) is 20.4.